The molecule has 19 atom stereocenters. The number of aliphatic hydroxyl groups excluding tert-OH is 4. The first kappa shape index (κ1) is 33.0. The molecule has 270 valence electrons. The summed E-state index contributed by atoms with van der Waals surface area (Å²) in [6.45, 7) is 15.1. The van der Waals surface area contributed by atoms with Crippen LogP contribution in [0, 0.1) is 50.7 Å². The molecule has 9 aliphatic rings. The Morgan fingerprint density at radius 3 is 2.23 bits per heavy atom. The fourth-order valence-corrected chi connectivity index (χ4v) is 14.6. The van der Waals surface area contributed by atoms with E-state index in [1.54, 1.807) is 6.92 Å². The summed E-state index contributed by atoms with van der Waals surface area (Å²) in [6.07, 6.45) is 0.880. The van der Waals surface area contributed by atoms with Gasteiger partial charge >= 0.3 is 5.97 Å². The summed E-state index contributed by atoms with van der Waals surface area (Å²) in [6, 6.07) is 0. The summed E-state index contributed by atoms with van der Waals surface area (Å²) in [4.78, 5) is 12.9. The van der Waals surface area contributed by atoms with Gasteiger partial charge in [-0.1, -0.05) is 34.6 Å². The van der Waals surface area contributed by atoms with Crippen molar-refractivity contribution in [1.82, 2.24) is 0 Å². The Kier molecular flexibility index (Phi) is 6.70. The molecule has 0 amide bonds. The number of esters is 1. The highest BCUT2D eigenvalue weighted by atomic mass is 16.8. The molecule has 0 aromatic heterocycles. The molecule has 0 aromatic carbocycles. The van der Waals surface area contributed by atoms with E-state index < -0.39 is 42.3 Å². The zero-order valence-electron chi connectivity index (χ0n) is 29.5. The van der Waals surface area contributed by atoms with Gasteiger partial charge in [0, 0.05) is 18.8 Å². The number of carbonyl (C=O) groups excluding carboxylic acids is 1. The molecule has 4 N–H and O–H groups in total. The highest BCUT2D eigenvalue weighted by Gasteiger charge is 2.87. The third-order valence-electron chi connectivity index (χ3n) is 16.8. The second-order valence-corrected chi connectivity index (χ2v) is 18.9. The molecule has 9 rings (SSSR count). The van der Waals surface area contributed by atoms with E-state index in [0.717, 1.165) is 44.9 Å². The predicted molar refractivity (Wildman–Crippen MR) is 168 cm³/mol. The molecule has 0 aromatic rings. The molecule has 9 fully saturated rings. The van der Waals surface area contributed by atoms with Gasteiger partial charge in [-0.25, -0.2) is 0 Å². The number of aliphatic hydroxyl groups is 4. The summed E-state index contributed by atoms with van der Waals surface area (Å²) >= 11 is 0. The van der Waals surface area contributed by atoms with Crippen LogP contribution in [0.15, 0.2) is 0 Å². The lowest BCUT2D eigenvalue weighted by atomic mass is 9.41. The fraction of sp³-hybridized carbons (Fsp3) is 0.973. The van der Waals surface area contributed by atoms with Crippen molar-refractivity contribution in [2.24, 2.45) is 50.7 Å². The van der Waals surface area contributed by atoms with Crippen molar-refractivity contribution in [3.05, 3.63) is 0 Å². The molecule has 11 heteroatoms. The smallest absolute Gasteiger partial charge is 0.302 e. The lowest BCUT2D eigenvalue weighted by molar-refractivity contribution is -0.346. The highest BCUT2D eigenvalue weighted by molar-refractivity contribution is 5.66. The van der Waals surface area contributed by atoms with E-state index in [1.807, 2.05) is 6.92 Å². The molecular weight excluding hydrogens is 620 g/mol. The monoisotopic (exact) mass is 676 g/mol. The molecular formula is C37H56O11. The Morgan fingerprint density at radius 2 is 1.56 bits per heavy atom. The number of fused-ring (bicyclic) bond motifs is 6. The lowest BCUT2D eigenvalue weighted by Crippen LogP contribution is -2.64. The second kappa shape index (κ2) is 9.75. The maximum atomic E-state index is 12.9. The van der Waals surface area contributed by atoms with Gasteiger partial charge in [-0.3, -0.25) is 4.79 Å². The molecule has 4 saturated heterocycles. The SMILES string of the molecule is CC(=O)O[C@@H]1C[C@@]23C[C@@]24CC[C@H](O[C@@H]2OC[C@@H](O)[C@H](O)[C@H]2O)C(C)(C)[C@@H]4CC[C@H]3[C@]2(C)C[C@@H]3O[C@]4(C[C@@H](C)[C@@H]3[C@@]12C)O[C@H](O)[C@@]1(C)O[C@@H]41. The van der Waals surface area contributed by atoms with Gasteiger partial charge in [-0.15, -0.1) is 0 Å². The number of hydrogen-bond acceptors (Lipinski definition) is 11. The van der Waals surface area contributed by atoms with E-state index in [9.17, 15) is 25.2 Å². The van der Waals surface area contributed by atoms with Crippen LogP contribution in [0.4, 0.5) is 0 Å². The normalized spacial score (nSPS) is 63.3. The largest absolute Gasteiger partial charge is 0.462 e. The van der Waals surface area contributed by atoms with Crippen molar-refractivity contribution in [3.63, 3.8) is 0 Å². The zero-order chi connectivity index (χ0) is 34.2. The van der Waals surface area contributed by atoms with Gasteiger partial charge in [0.15, 0.2) is 12.6 Å². The first-order valence-corrected chi connectivity index (χ1v) is 18.6. The third kappa shape index (κ3) is 3.74. The van der Waals surface area contributed by atoms with Gasteiger partial charge in [-0.05, 0) is 97.2 Å². The van der Waals surface area contributed by atoms with Crippen LogP contribution in [0.2, 0.25) is 0 Å². The molecule has 0 radical (unpaired) electrons. The van der Waals surface area contributed by atoms with E-state index in [0.29, 0.717) is 18.3 Å². The number of epoxide rings is 1. The van der Waals surface area contributed by atoms with Gasteiger partial charge in [0.2, 0.25) is 5.79 Å². The Labute approximate surface area is 283 Å². The molecule has 11 nitrogen and oxygen atoms in total. The van der Waals surface area contributed by atoms with Crippen molar-refractivity contribution in [3.8, 4) is 0 Å². The minimum atomic E-state index is -1.31. The van der Waals surface area contributed by atoms with Gasteiger partial charge in [-0.2, -0.15) is 0 Å². The maximum absolute atomic E-state index is 12.9. The van der Waals surface area contributed by atoms with Crippen molar-refractivity contribution in [2.45, 2.75) is 167 Å². The highest BCUT2D eigenvalue weighted by Crippen LogP contribution is 2.89. The van der Waals surface area contributed by atoms with Crippen molar-refractivity contribution >= 4 is 5.97 Å². The van der Waals surface area contributed by atoms with Gasteiger partial charge in [0.25, 0.3) is 0 Å². The Balaban J connectivity index is 1.03. The Bertz CT molecular complexity index is 1390. The molecule has 0 bridgehead atoms. The quantitative estimate of drug-likeness (QED) is 0.198. The minimum absolute atomic E-state index is 0.0420. The van der Waals surface area contributed by atoms with Gasteiger partial charge in [0.1, 0.15) is 36.1 Å². The summed E-state index contributed by atoms with van der Waals surface area (Å²) in [5, 5.41) is 41.7. The van der Waals surface area contributed by atoms with Crippen LogP contribution in [-0.4, -0.2) is 99.7 Å². The Morgan fingerprint density at radius 1 is 0.833 bits per heavy atom. The average Bonchev–Trinajstić information content (AvgIpc) is 3.84. The number of carbonyl (C=O) groups is 1. The first-order chi connectivity index (χ1) is 22.4. The van der Waals surface area contributed by atoms with Gasteiger partial charge in [0.05, 0.1) is 18.8 Å². The summed E-state index contributed by atoms with van der Waals surface area (Å²) in [5.41, 5.74) is -1.23. The van der Waals surface area contributed by atoms with Crippen LogP contribution in [0.25, 0.3) is 0 Å². The molecule has 5 saturated carbocycles. The molecule has 3 spiro atoms. The van der Waals surface area contributed by atoms with Crippen LogP contribution in [0.1, 0.15) is 99.8 Å². The molecule has 0 unspecified atom stereocenters. The van der Waals surface area contributed by atoms with Crippen LogP contribution >= 0.6 is 0 Å². The Hall–Kier alpha value is -0.890. The number of rotatable bonds is 3. The van der Waals surface area contributed by atoms with E-state index >= 15 is 0 Å². The van der Waals surface area contributed by atoms with E-state index in [4.69, 9.17) is 28.4 Å². The van der Waals surface area contributed by atoms with Crippen molar-refractivity contribution < 1.29 is 53.6 Å². The standard InChI is InChI=1S/C37H56O11/c1-17-12-37(29-34(7,47-29)30(42)48-37)46-20-13-32(5)22-9-8-21-31(3,4)23(45-28-27(41)26(40)19(39)15-43-28)10-11-35(21)16-36(22,35)14-24(44-18(2)38)33(32,6)25(17)20/h17,19-30,39-42H,8-16H2,1-7H3/t17-,19-,20+,21+,22+,23+,24-,25+,26+,27-,28+,29-,30+,32+,33-,34+,35-,36+,37-/m1/s1. The number of ether oxygens (including phenoxy) is 6. The molecule has 5 aliphatic carbocycles. The fourth-order valence-electron chi connectivity index (χ4n) is 14.6. The summed E-state index contributed by atoms with van der Waals surface area (Å²) < 4.78 is 37.9. The average molecular weight is 677 g/mol. The van der Waals surface area contributed by atoms with Crippen LogP contribution in [-0.2, 0) is 33.2 Å². The molecule has 4 heterocycles. The first-order valence-electron chi connectivity index (χ1n) is 18.6. The van der Waals surface area contributed by atoms with Crippen molar-refractivity contribution in [1.29, 1.82) is 0 Å². The van der Waals surface area contributed by atoms with E-state index in [2.05, 4.69) is 34.6 Å². The van der Waals surface area contributed by atoms with Crippen LogP contribution in [0.3, 0.4) is 0 Å². The summed E-state index contributed by atoms with van der Waals surface area (Å²) in [7, 11) is 0. The zero-order valence-corrected chi connectivity index (χ0v) is 29.5. The lowest BCUT2D eigenvalue weighted by Gasteiger charge is -2.65. The van der Waals surface area contributed by atoms with E-state index in [1.165, 1.54) is 0 Å². The summed E-state index contributed by atoms with van der Waals surface area (Å²) in [5.74, 6) is 0.0295. The molecule has 48 heavy (non-hydrogen) atoms. The topological polar surface area (TPSA) is 157 Å². The van der Waals surface area contributed by atoms with Gasteiger partial charge < -0.3 is 48.8 Å². The predicted octanol–water partition coefficient (Wildman–Crippen LogP) is 3.03. The minimum Gasteiger partial charge on any atom is -0.462 e. The number of hydrogen-bond donors (Lipinski definition) is 4. The second-order valence-electron chi connectivity index (χ2n) is 18.9. The molecule has 4 aliphatic heterocycles. The third-order valence-corrected chi connectivity index (χ3v) is 16.8. The van der Waals surface area contributed by atoms with Crippen LogP contribution in [0.5, 0.6) is 0 Å². The van der Waals surface area contributed by atoms with Crippen molar-refractivity contribution in [2.75, 3.05) is 6.61 Å². The van der Waals surface area contributed by atoms with Crippen LogP contribution < -0.4 is 0 Å². The van der Waals surface area contributed by atoms with E-state index in [-0.39, 0.29) is 75.9 Å². The maximum Gasteiger partial charge on any atom is 0.302 e.